The molecule has 2 aromatic rings. The van der Waals surface area contributed by atoms with Crippen LogP contribution in [0.1, 0.15) is 20.7 Å². The Labute approximate surface area is 141 Å². The lowest BCUT2D eigenvalue weighted by molar-refractivity contribution is 0.0590. The largest absolute Gasteiger partial charge is 0.465 e. The number of carbonyl (C=O) groups excluding carboxylic acids is 2. The minimum Gasteiger partial charge on any atom is -0.465 e. The van der Waals surface area contributed by atoms with Crippen LogP contribution in [0, 0.1) is 0 Å². The predicted molar refractivity (Wildman–Crippen MR) is 85.0 cm³/mol. The Morgan fingerprint density at radius 1 is 0.750 bits per heavy atom. The average molecular weight is 350 g/mol. The molecule has 2 aromatic carbocycles. The molecular formula is C16H14O7S. The molecule has 0 saturated carbocycles. The zero-order valence-electron chi connectivity index (χ0n) is 12.9. The third kappa shape index (κ3) is 4.11. The van der Waals surface area contributed by atoms with Gasteiger partial charge in [-0.25, -0.2) is 9.59 Å². The highest BCUT2D eigenvalue weighted by Crippen LogP contribution is 2.23. The number of carbonyl (C=O) groups is 2. The molecule has 7 nitrogen and oxygen atoms in total. The standard InChI is InChI=1S/C16H14O7S/c1-20-15(17)11-7-3-5-9-13(11)22-24(19)23-14-10-6-4-8-12(14)16(18)21-2/h3-10H,1-2H3. The second kappa shape index (κ2) is 8.11. The lowest BCUT2D eigenvalue weighted by atomic mass is 10.2. The van der Waals surface area contributed by atoms with E-state index in [4.69, 9.17) is 8.37 Å². The number of ether oxygens (including phenoxy) is 2. The molecule has 0 aromatic heterocycles. The van der Waals surface area contributed by atoms with Crippen LogP contribution in [0.4, 0.5) is 0 Å². The Hall–Kier alpha value is -2.87. The molecule has 0 fully saturated rings. The maximum absolute atomic E-state index is 12.1. The molecule has 2 rings (SSSR count). The van der Waals surface area contributed by atoms with E-state index in [1.165, 1.54) is 38.5 Å². The van der Waals surface area contributed by atoms with E-state index in [1.807, 2.05) is 0 Å². The van der Waals surface area contributed by atoms with Gasteiger partial charge in [0.25, 0.3) is 0 Å². The molecule has 0 aliphatic carbocycles. The summed E-state index contributed by atoms with van der Waals surface area (Å²) in [5.41, 5.74) is 0.191. The van der Waals surface area contributed by atoms with E-state index in [1.54, 1.807) is 24.3 Å². The van der Waals surface area contributed by atoms with Crippen molar-refractivity contribution < 1.29 is 31.6 Å². The van der Waals surface area contributed by atoms with Crippen molar-refractivity contribution in [3.05, 3.63) is 59.7 Å². The molecule has 0 spiro atoms. The third-order valence-corrected chi connectivity index (χ3v) is 3.53. The molecule has 0 radical (unpaired) electrons. The molecule has 0 heterocycles. The fraction of sp³-hybridized carbons (Fsp3) is 0.125. The zero-order chi connectivity index (χ0) is 17.5. The van der Waals surface area contributed by atoms with Gasteiger partial charge in [0.05, 0.1) is 14.2 Å². The van der Waals surface area contributed by atoms with Crippen LogP contribution in [0.3, 0.4) is 0 Å². The maximum atomic E-state index is 12.1. The van der Waals surface area contributed by atoms with E-state index in [2.05, 4.69) is 9.47 Å². The smallest absolute Gasteiger partial charge is 0.417 e. The Morgan fingerprint density at radius 2 is 1.12 bits per heavy atom. The molecule has 0 aliphatic rings. The van der Waals surface area contributed by atoms with Crippen LogP contribution in [-0.4, -0.2) is 30.4 Å². The van der Waals surface area contributed by atoms with Gasteiger partial charge in [0.15, 0.2) is 11.5 Å². The minimum atomic E-state index is -2.30. The Balaban J connectivity index is 2.19. The van der Waals surface area contributed by atoms with Crippen LogP contribution >= 0.6 is 0 Å². The molecule has 0 unspecified atom stereocenters. The summed E-state index contributed by atoms with van der Waals surface area (Å²) >= 11 is -2.30. The van der Waals surface area contributed by atoms with Gasteiger partial charge >= 0.3 is 23.3 Å². The van der Waals surface area contributed by atoms with E-state index in [0.717, 1.165) is 0 Å². The van der Waals surface area contributed by atoms with Crippen LogP contribution in [0.5, 0.6) is 11.5 Å². The topological polar surface area (TPSA) is 88.1 Å². The molecule has 0 N–H and O–H groups in total. The van der Waals surface area contributed by atoms with Gasteiger partial charge < -0.3 is 17.8 Å². The first-order valence-electron chi connectivity index (χ1n) is 6.70. The molecule has 0 atom stereocenters. The molecule has 0 amide bonds. The van der Waals surface area contributed by atoms with Gasteiger partial charge in [-0.3, -0.25) is 0 Å². The third-order valence-electron chi connectivity index (χ3n) is 2.90. The second-order valence-electron chi connectivity index (χ2n) is 4.35. The van der Waals surface area contributed by atoms with Gasteiger partial charge in [0, 0.05) is 0 Å². The first-order chi connectivity index (χ1) is 11.6. The van der Waals surface area contributed by atoms with Crippen molar-refractivity contribution in [2.75, 3.05) is 14.2 Å². The molecule has 0 bridgehead atoms. The van der Waals surface area contributed by atoms with Gasteiger partial charge in [-0.05, 0) is 24.3 Å². The first-order valence-corrected chi connectivity index (χ1v) is 7.70. The summed E-state index contributed by atoms with van der Waals surface area (Å²) in [4.78, 5) is 23.3. The van der Waals surface area contributed by atoms with Gasteiger partial charge in [0.1, 0.15) is 11.1 Å². The van der Waals surface area contributed by atoms with Crippen molar-refractivity contribution in [3.63, 3.8) is 0 Å². The van der Waals surface area contributed by atoms with Crippen LogP contribution < -0.4 is 8.37 Å². The van der Waals surface area contributed by atoms with E-state index in [-0.39, 0.29) is 22.6 Å². The van der Waals surface area contributed by atoms with Gasteiger partial charge in [-0.1, -0.05) is 24.3 Å². The molecule has 126 valence electrons. The number of benzene rings is 2. The Kier molecular flexibility index (Phi) is 5.91. The summed E-state index contributed by atoms with van der Waals surface area (Å²) in [5, 5.41) is 0. The van der Waals surface area contributed by atoms with Crippen LogP contribution in [0.15, 0.2) is 48.5 Å². The Morgan fingerprint density at radius 3 is 1.50 bits per heavy atom. The number of para-hydroxylation sites is 2. The molecular weight excluding hydrogens is 336 g/mol. The average Bonchev–Trinajstić information content (AvgIpc) is 2.61. The van der Waals surface area contributed by atoms with Gasteiger partial charge in [-0.15, -0.1) is 0 Å². The fourth-order valence-corrected chi connectivity index (χ4v) is 2.42. The van der Waals surface area contributed by atoms with Crippen molar-refractivity contribution in [1.29, 1.82) is 0 Å². The second-order valence-corrected chi connectivity index (χ2v) is 5.09. The van der Waals surface area contributed by atoms with Crippen LogP contribution in [0.2, 0.25) is 0 Å². The number of esters is 2. The molecule has 24 heavy (non-hydrogen) atoms. The number of hydrogen-bond donors (Lipinski definition) is 0. The summed E-state index contributed by atoms with van der Waals surface area (Å²) in [6.07, 6.45) is 0. The van der Waals surface area contributed by atoms with E-state index >= 15 is 0 Å². The van der Waals surface area contributed by atoms with Crippen LogP contribution in [-0.2, 0) is 20.8 Å². The highest BCUT2D eigenvalue weighted by molar-refractivity contribution is 7.76. The maximum Gasteiger partial charge on any atom is 0.417 e. The number of hydrogen-bond acceptors (Lipinski definition) is 7. The Bertz CT molecular complexity index is 709. The normalized spacial score (nSPS) is 10.1. The summed E-state index contributed by atoms with van der Waals surface area (Å²) in [6.45, 7) is 0. The van der Waals surface area contributed by atoms with Crippen molar-refractivity contribution >= 4 is 23.3 Å². The highest BCUT2D eigenvalue weighted by atomic mass is 32.2. The minimum absolute atomic E-state index is 0.0261. The van der Waals surface area contributed by atoms with E-state index in [0.29, 0.717) is 0 Å². The summed E-state index contributed by atoms with van der Waals surface area (Å²) in [6, 6.07) is 12.2. The van der Waals surface area contributed by atoms with Crippen molar-refractivity contribution in [1.82, 2.24) is 0 Å². The summed E-state index contributed by atoms with van der Waals surface area (Å²) < 4.78 is 31.6. The SMILES string of the molecule is COC(=O)c1ccccc1OS(=O)Oc1ccccc1C(=O)OC. The summed E-state index contributed by atoms with van der Waals surface area (Å²) in [5.74, 6) is -1.23. The quantitative estimate of drug-likeness (QED) is 0.739. The van der Waals surface area contributed by atoms with E-state index in [9.17, 15) is 13.8 Å². The fourth-order valence-electron chi connectivity index (χ4n) is 1.80. The van der Waals surface area contributed by atoms with Crippen LogP contribution in [0.25, 0.3) is 0 Å². The number of rotatable bonds is 6. The highest BCUT2D eigenvalue weighted by Gasteiger charge is 2.18. The lowest BCUT2D eigenvalue weighted by Gasteiger charge is -2.10. The molecule has 0 saturated heterocycles. The number of methoxy groups -OCH3 is 2. The van der Waals surface area contributed by atoms with Crippen molar-refractivity contribution in [3.8, 4) is 11.5 Å². The predicted octanol–water partition coefficient (Wildman–Crippen LogP) is 2.30. The molecule has 0 aliphatic heterocycles. The van der Waals surface area contributed by atoms with Crippen molar-refractivity contribution in [2.24, 2.45) is 0 Å². The van der Waals surface area contributed by atoms with Gasteiger partial charge in [0.2, 0.25) is 0 Å². The monoisotopic (exact) mass is 350 g/mol. The molecule has 8 heteroatoms. The van der Waals surface area contributed by atoms with E-state index < -0.39 is 23.3 Å². The first kappa shape index (κ1) is 17.5. The summed E-state index contributed by atoms with van der Waals surface area (Å²) in [7, 11) is 2.44. The van der Waals surface area contributed by atoms with Crippen molar-refractivity contribution in [2.45, 2.75) is 0 Å². The van der Waals surface area contributed by atoms with Gasteiger partial charge in [-0.2, -0.15) is 4.21 Å². The zero-order valence-corrected chi connectivity index (χ0v) is 13.7. The lowest BCUT2D eigenvalue weighted by Crippen LogP contribution is -2.13.